The molecule has 0 saturated heterocycles. The molecule has 0 fully saturated rings. The zero-order valence-corrected chi connectivity index (χ0v) is 17.5. The van der Waals surface area contributed by atoms with Crippen molar-refractivity contribution in [3.8, 4) is 0 Å². The molecule has 3 rings (SSSR count). The molecule has 0 bridgehead atoms. The number of hydrogen-bond donors (Lipinski definition) is 1. The van der Waals surface area contributed by atoms with Crippen molar-refractivity contribution in [3.63, 3.8) is 0 Å². The highest BCUT2D eigenvalue weighted by Crippen LogP contribution is 2.17. The fourth-order valence-electron chi connectivity index (χ4n) is 2.74. The van der Waals surface area contributed by atoms with Gasteiger partial charge in [0.25, 0.3) is 5.91 Å². The van der Waals surface area contributed by atoms with Crippen LogP contribution in [0.25, 0.3) is 11.8 Å². The van der Waals surface area contributed by atoms with E-state index in [-0.39, 0.29) is 23.6 Å². The van der Waals surface area contributed by atoms with Crippen LogP contribution in [-0.4, -0.2) is 51.3 Å². The van der Waals surface area contributed by atoms with Gasteiger partial charge >= 0.3 is 11.9 Å². The van der Waals surface area contributed by atoms with Crippen LogP contribution in [0.1, 0.15) is 28.7 Å². The average Bonchev–Trinajstić information content (AvgIpc) is 3.22. The molecule has 0 spiro atoms. The van der Waals surface area contributed by atoms with Gasteiger partial charge in [-0.2, -0.15) is 4.68 Å². The molecule has 1 aromatic heterocycles. The third-order valence-corrected chi connectivity index (χ3v) is 4.20. The number of carbonyl (C=O) groups excluding carboxylic acids is 3. The summed E-state index contributed by atoms with van der Waals surface area (Å²) < 4.78 is 11.4. The molecule has 1 heterocycles. The molecule has 10 nitrogen and oxygen atoms in total. The molecule has 0 aliphatic carbocycles. The lowest BCUT2D eigenvalue weighted by atomic mass is 10.2. The average molecular weight is 435 g/mol. The van der Waals surface area contributed by atoms with E-state index in [9.17, 15) is 14.4 Å². The Balaban J connectivity index is 1.72. The summed E-state index contributed by atoms with van der Waals surface area (Å²) in [5.74, 6) is -1.61. The summed E-state index contributed by atoms with van der Waals surface area (Å²) in [5, 5.41) is 13.7. The Morgan fingerprint density at radius 2 is 1.75 bits per heavy atom. The van der Waals surface area contributed by atoms with E-state index in [1.807, 2.05) is 18.2 Å². The van der Waals surface area contributed by atoms with Crippen LogP contribution in [0, 0.1) is 6.92 Å². The van der Waals surface area contributed by atoms with Crippen molar-refractivity contribution >= 4 is 35.3 Å². The van der Waals surface area contributed by atoms with Crippen LogP contribution in [0.15, 0.2) is 54.6 Å². The Labute approximate surface area is 183 Å². The largest absolute Gasteiger partial charge is 0.462 e. The number of nitrogens with one attached hydrogen (secondary N) is 1. The van der Waals surface area contributed by atoms with E-state index >= 15 is 0 Å². The van der Waals surface area contributed by atoms with Crippen LogP contribution in [0.2, 0.25) is 0 Å². The summed E-state index contributed by atoms with van der Waals surface area (Å²) in [6.07, 6.45) is 1.56. The highest BCUT2D eigenvalue weighted by Gasteiger charge is 2.20. The van der Waals surface area contributed by atoms with Gasteiger partial charge in [0.15, 0.2) is 18.1 Å². The molecule has 0 saturated carbocycles. The normalized spacial score (nSPS) is 11.0. The fraction of sp³-hybridized carbons (Fsp3) is 0.182. The summed E-state index contributed by atoms with van der Waals surface area (Å²) in [5.41, 5.74) is 1.21. The van der Waals surface area contributed by atoms with Crippen LogP contribution in [0.5, 0.6) is 0 Å². The summed E-state index contributed by atoms with van der Waals surface area (Å²) in [7, 11) is 0. The van der Waals surface area contributed by atoms with E-state index in [4.69, 9.17) is 9.47 Å². The second-order valence-electron chi connectivity index (χ2n) is 6.47. The fourth-order valence-corrected chi connectivity index (χ4v) is 2.74. The summed E-state index contributed by atoms with van der Waals surface area (Å²) in [4.78, 5) is 37.2. The van der Waals surface area contributed by atoms with Gasteiger partial charge in [-0.15, -0.1) is 5.10 Å². The van der Waals surface area contributed by atoms with Gasteiger partial charge in [-0.1, -0.05) is 42.5 Å². The SMILES string of the molecule is CCOC(=O)c1ccccc1NC(=O)COC(=O)C(=Cc1ccccc1)n1nnnc1C. The van der Waals surface area contributed by atoms with Crippen molar-refractivity contribution in [2.24, 2.45) is 0 Å². The molecule has 0 unspecified atom stereocenters. The quantitative estimate of drug-likeness (QED) is 0.422. The number of rotatable bonds is 8. The van der Waals surface area contributed by atoms with E-state index in [1.165, 1.54) is 10.7 Å². The van der Waals surface area contributed by atoms with Crippen LogP contribution < -0.4 is 5.32 Å². The van der Waals surface area contributed by atoms with Crippen molar-refractivity contribution in [1.29, 1.82) is 0 Å². The molecule has 0 radical (unpaired) electrons. The molecule has 1 N–H and O–H groups in total. The molecule has 3 aromatic rings. The Bertz CT molecular complexity index is 1140. The number of nitrogens with zero attached hydrogens (tertiary/aromatic N) is 4. The van der Waals surface area contributed by atoms with Gasteiger partial charge in [-0.25, -0.2) is 9.59 Å². The zero-order valence-electron chi connectivity index (χ0n) is 17.5. The number of tetrazole rings is 1. The van der Waals surface area contributed by atoms with E-state index < -0.39 is 24.5 Å². The first-order valence-electron chi connectivity index (χ1n) is 9.74. The maximum absolute atomic E-state index is 12.8. The minimum atomic E-state index is -0.793. The summed E-state index contributed by atoms with van der Waals surface area (Å²) >= 11 is 0. The highest BCUT2D eigenvalue weighted by molar-refractivity contribution is 6.15. The molecule has 2 aromatic carbocycles. The van der Waals surface area contributed by atoms with Crippen molar-refractivity contribution in [2.75, 3.05) is 18.5 Å². The zero-order chi connectivity index (χ0) is 22.9. The van der Waals surface area contributed by atoms with Gasteiger partial charge in [0, 0.05) is 0 Å². The molecular formula is C22H21N5O5. The maximum atomic E-state index is 12.8. The van der Waals surface area contributed by atoms with E-state index in [0.29, 0.717) is 5.82 Å². The number of aryl methyl sites for hydroxylation is 1. The molecule has 0 aliphatic heterocycles. The molecule has 0 aliphatic rings. The molecule has 1 amide bonds. The van der Waals surface area contributed by atoms with E-state index in [0.717, 1.165) is 5.56 Å². The lowest BCUT2D eigenvalue weighted by Crippen LogP contribution is -2.24. The first kappa shape index (κ1) is 22.3. The monoisotopic (exact) mass is 435 g/mol. The number of esters is 2. The standard InChI is InChI=1S/C22H21N5O5/c1-3-31-21(29)17-11-7-8-12-18(17)23-20(28)14-32-22(30)19(27-15(2)24-25-26-27)13-16-9-5-4-6-10-16/h4-13H,3,14H2,1-2H3,(H,23,28). The highest BCUT2D eigenvalue weighted by atomic mass is 16.5. The first-order chi connectivity index (χ1) is 15.5. The van der Waals surface area contributed by atoms with Crippen LogP contribution in [0.4, 0.5) is 5.69 Å². The Kier molecular flexibility index (Phi) is 7.42. The third kappa shape index (κ3) is 5.63. The van der Waals surface area contributed by atoms with Crippen LogP contribution in [-0.2, 0) is 19.1 Å². The number of hydrogen-bond acceptors (Lipinski definition) is 8. The first-order valence-corrected chi connectivity index (χ1v) is 9.74. The number of ether oxygens (including phenoxy) is 2. The van der Waals surface area contributed by atoms with Gasteiger partial charge in [0.05, 0.1) is 17.9 Å². The Morgan fingerprint density at radius 1 is 1.03 bits per heavy atom. The van der Waals surface area contributed by atoms with Crippen LogP contribution in [0.3, 0.4) is 0 Å². The molecule has 0 atom stereocenters. The van der Waals surface area contributed by atoms with Crippen molar-refractivity contribution in [2.45, 2.75) is 13.8 Å². The van der Waals surface area contributed by atoms with Gasteiger partial charge in [0.1, 0.15) is 0 Å². The predicted octanol–water partition coefficient (Wildman–Crippen LogP) is 2.34. The predicted molar refractivity (Wildman–Crippen MR) is 115 cm³/mol. The summed E-state index contributed by atoms with van der Waals surface area (Å²) in [6, 6.07) is 15.5. The van der Waals surface area contributed by atoms with Crippen molar-refractivity contribution in [1.82, 2.24) is 20.2 Å². The van der Waals surface area contributed by atoms with Gasteiger partial charge in [-0.3, -0.25) is 4.79 Å². The van der Waals surface area contributed by atoms with Gasteiger partial charge in [0.2, 0.25) is 0 Å². The molecule has 10 heteroatoms. The number of benzene rings is 2. The lowest BCUT2D eigenvalue weighted by Gasteiger charge is -2.11. The van der Waals surface area contributed by atoms with Crippen LogP contribution >= 0.6 is 0 Å². The number of amides is 1. The molecule has 32 heavy (non-hydrogen) atoms. The smallest absolute Gasteiger partial charge is 0.357 e. The van der Waals surface area contributed by atoms with E-state index in [2.05, 4.69) is 20.8 Å². The second-order valence-corrected chi connectivity index (χ2v) is 6.47. The molecule has 164 valence electrons. The minimum Gasteiger partial charge on any atom is -0.462 e. The minimum absolute atomic E-state index is 0.0402. The Morgan fingerprint density at radius 3 is 2.44 bits per heavy atom. The topological polar surface area (TPSA) is 125 Å². The third-order valence-electron chi connectivity index (χ3n) is 4.20. The number of para-hydroxylation sites is 1. The van der Waals surface area contributed by atoms with Gasteiger partial charge in [-0.05, 0) is 48.0 Å². The number of carbonyl (C=O) groups is 3. The van der Waals surface area contributed by atoms with Crippen molar-refractivity contribution < 1.29 is 23.9 Å². The second kappa shape index (κ2) is 10.6. The van der Waals surface area contributed by atoms with Crippen molar-refractivity contribution in [3.05, 3.63) is 71.5 Å². The number of aromatic nitrogens is 4. The summed E-state index contributed by atoms with van der Waals surface area (Å²) in [6.45, 7) is 2.94. The lowest BCUT2D eigenvalue weighted by molar-refractivity contribution is -0.141. The van der Waals surface area contributed by atoms with Gasteiger partial charge < -0.3 is 14.8 Å². The maximum Gasteiger partial charge on any atom is 0.357 e. The van der Waals surface area contributed by atoms with E-state index in [1.54, 1.807) is 50.3 Å². The molecular weight excluding hydrogens is 414 g/mol. The Hall–Kier alpha value is -4.34. The number of anilines is 1.